The number of anilines is 1. The molecule has 5 nitrogen and oxygen atoms in total. The minimum absolute atomic E-state index is 0.0218. The van der Waals surface area contributed by atoms with Crippen molar-refractivity contribution in [2.75, 3.05) is 12.8 Å². The smallest absolute Gasteiger partial charge is 0.356 e. The average Bonchev–Trinajstić information content (AvgIpc) is 2.40. The van der Waals surface area contributed by atoms with Crippen LogP contribution in [-0.4, -0.2) is 18.1 Å². The average molecular weight is 262 g/mol. The summed E-state index contributed by atoms with van der Waals surface area (Å²) in [7, 11) is 1.24. The molecule has 0 saturated heterocycles. The number of pyridine rings is 1. The zero-order valence-corrected chi connectivity index (χ0v) is 10.1. The van der Waals surface area contributed by atoms with E-state index in [0.717, 1.165) is 0 Å². The van der Waals surface area contributed by atoms with Gasteiger partial charge in [-0.25, -0.2) is 14.2 Å². The van der Waals surface area contributed by atoms with E-state index in [9.17, 15) is 9.18 Å². The largest absolute Gasteiger partial charge is 0.464 e. The van der Waals surface area contributed by atoms with Gasteiger partial charge in [0.2, 0.25) is 5.88 Å². The molecule has 2 rings (SSSR count). The van der Waals surface area contributed by atoms with E-state index < -0.39 is 11.8 Å². The minimum atomic E-state index is -0.607. The van der Waals surface area contributed by atoms with Crippen molar-refractivity contribution >= 4 is 11.7 Å². The Bertz CT molecular complexity index is 617. The summed E-state index contributed by atoms with van der Waals surface area (Å²) in [6, 6.07) is 8.40. The summed E-state index contributed by atoms with van der Waals surface area (Å²) >= 11 is 0. The molecule has 0 radical (unpaired) electrons. The lowest BCUT2D eigenvalue weighted by molar-refractivity contribution is 0.0593. The fraction of sp³-hybridized carbons (Fsp3) is 0.0769. The molecule has 98 valence electrons. The molecule has 6 heteroatoms. The van der Waals surface area contributed by atoms with Crippen molar-refractivity contribution < 1.29 is 18.7 Å². The molecule has 0 unspecified atom stereocenters. The first-order valence-electron chi connectivity index (χ1n) is 5.38. The summed E-state index contributed by atoms with van der Waals surface area (Å²) < 4.78 is 22.9. The van der Waals surface area contributed by atoms with Crippen molar-refractivity contribution in [3.8, 4) is 11.6 Å². The Morgan fingerprint density at radius 2 is 2.11 bits per heavy atom. The van der Waals surface area contributed by atoms with Gasteiger partial charge in [0.05, 0.1) is 12.8 Å². The van der Waals surface area contributed by atoms with E-state index in [-0.39, 0.29) is 23.0 Å². The molecular weight excluding hydrogens is 251 g/mol. The minimum Gasteiger partial charge on any atom is -0.464 e. The maximum atomic E-state index is 13.0. The molecule has 1 aromatic carbocycles. The van der Waals surface area contributed by atoms with Crippen LogP contribution < -0.4 is 10.5 Å². The highest BCUT2D eigenvalue weighted by atomic mass is 19.1. The number of carbonyl (C=O) groups is 1. The Morgan fingerprint density at radius 1 is 1.32 bits per heavy atom. The molecular formula is C13H11FN2O3. The van der Waals surface area contributed by atoms with Crippen LogP contribution >= 0.6 is 0 Å². The molecule has 0 amide bonds. The van der Waals surface area contributed by atoms with Crippen LogP contribution in [0.2, 0.25) is 0 Å². The van der Waals surface area contributed by atoms with Crippen LogP contribution in [0.25, 0.3) is 0 Å². The first-order chi connectivity index (χ1) is 9.10. The zero-order valence-electron chi connectivity index (χ0n) is 10.1. The summed E-state index contributed by atoms with van der Waals surface area (Å²) in [6.45, 7) is 0. The maximum Gasteiger partial charge on any atom is 0.356 e. The Labute approximate surface area is 108 Å². The van der Waals surface area contributed by atoms with Crippen LogP contribution in [-0.2, 0) is 4.74 Å². The quantitative estimate of drug-likeness (QED) is 0.859. The van der Waals surface area contributed by atoms with Gasteiger partial charge in [0, 0.05) is 6.07 Å². The molecule has 19 heavy (non-hydrogen) atoms. The van der Waals surface area contributed by atoms with E-state index in [0.29, 0.717) is 0 Å². The number of aromatic nitrogens is 1. The van der Waals surface area contributed by atoms with Crippen LogP contribution in [0, 0.1) is 5.82 Å². The lowest BCUT2D eigenvalue weighted by Gasteiger charge is -2.08. The van der Waals surface area contributed by atoms with Crippen LogP contribution in [0.5, 0.6) is 11.6 Å². The van der Waals surface area contributed by atoms with Crippen LogP contribution in [0.1, 0.15) is 10.5 Å². The van der Waals surface area contributed by atoms with E-state index in [1.54, 1.807) is 6.07 Å². The number of methoxy groups -OCH3 is 1. The van der Waals surface area contributed by atoms with Gasteiger partial charge >= 0.3 is 5.97 Å². The summed E-state index contributed by atoms with van der Waals surface area (Å²) in [5.74, 6) is -0.793. The highest BCUT2D eigenvalue weighted by Gasteiger charge is 2.12. The molecule has 1 heterocycles. The first-order valence-corrected chi connectivity index (χ1v) is 5.38. The van der Waals surface area contributed by atoms with Crippen molar-refractivity contribution in [2.24, 2.45) is 0 Å². The number of ether oxygens (including phenoxy) is 2. The van der Waals surface area contributed by atoms with Gasteiger partial charge in [-0.1, -0.05) is 6.07 Å². The van der Waals surface area contributed by atoms with Gasteiger partial charge in [-0.3, -0.25) is 0 Å². The standard InChI is InChI=1S/C13H11FN2O3/c1-18-13(17)11-6-5-10(15)12(16-11)19-9-4-2-3-8(14)7-9/h2-7H,15H2,1H3. The molecule has 0 aliphatic carbocycles. The molecule has 0 aliphatic rings. The number of esters is 1. The number of benzene rings is 1. The summed E-state index contributed by atoms with van der Waals surface area (Å²) in [6.07, 6.45) is 0. The van der Waals surface area contributed by atoms with Crippen molar-refractivity contribution in [3.05, 3.63) is 47.9 Å². The topological polar surface area (TPSA) is 74.4 Å². The fourth-order valence-electron chi connectivity index (χ4n) is 1.39. The van der Waals surface area contributed by atoms with Crippen molar-refractivity contribution in [1.29, 1.82) is 0 Å². The SMILES string of the molecule is COC(=O)c1ccc(N)c(Oc2cccc(F)c2)n1. The van der Waals surface area contributed by atoms with Crippen molar-refractivity contribution in [2.45, 2.75) is 0 Å². The number of carbonyl (C=O) groups excluding carboxylic acids is 1. The molecule has 0 fully saturated rings. The summed E-state index contributed by atoms with van der Waals surface area (Å²) in [5.41, 5.74) is 5.98. The Hall–Kier alpha value is -2.63. The van der Waals surface area contributed by atoms with E-state index in [1.807, 2.05) is 0 Å². The van der Waals surface area contributed by atoms with Crippen LogP contribution in [0.15, 0.2) is 36.4 Å². The number of nitrogen functional groups attached to an aromatic ring is 1. The summed E-state index contributed by atoms with van der Waals surface area (Å²) in [4.78, 5) is 15.3. The third kappa shape index (κ3) is 2.98. The van der Waals surface area contributed by atoms with Crippen LogP contribution in [0.3, 0.4) is 0 Å². The predicted molar refractivity (Wildman–Crippen MR) is 66.5 cm³/mol. The number of nitrogens with zero attached hydrogens (tertiary/aromatic N) is 1. The third-order valence-electron chi connectivity index (χ3n) is 2.29. The fourth-order valence-corrected chi connectivity index (χ4v) is 1.39. The van der Waals surface area contributed by atoms with Gasteiger partial charge in [-0.2, -0.15) is 0 Å². The number of nitrogens with two attached hydrogens (primary N) is 1. The predicted octanol–water partition coefficient (Wildman–Crippen LogP) is 2.38. The van der Waals surface area contributed by atoms with Gasteiger partial charge < -0.3 is 15.2 Å². The monoisotopic (exact) mass is 262 g/mol. The Morgan fingerprint density at radius 3 is 2.79 bits per heavy atom. The summed E-state index contributed by atoms with van der Waals surface area (Å²) in [5, 5.41) is 0. The number of halogens is 1. The molecule has 0 spiro atoms. The normalized spacial score (nSPS) is 10.0. The van der Waals surface area contributed by atoms with Gasteiger partial charge in [0.25, 0.3) is 0 Å². The molecule has 0 bridgehead atoms. The van der Waals surface area contributed by atoms with Gasteiger partial charge in [0.15, 0.2) is 5.69 Å². The van der Waals surface area contributed by atoms with E-state index >= 15 is 0 Å². The number of hydrogen-bond acceptors (Lipinski definition) is 5. The highest BCUT2D eigenvalue weighted by Crippen LogP contribution is 2.25. The lowest BCUT2D eigenvalue weighted by atomic mass is 10.3. The van der Waals surface area contributed by atoms with Gasteiger partial charge in [-0.05, 0) is 24.3 Å². The van der Waals surface area contributed by atoms with Gasteiger partial charge in [0.1, 0.15) is 11.6 Å². The van der Waals surface area contributed by atoms with Crippen molar-refractivity contribution in [1.82, 2.24) is 4.98 Å². The zero-order chi connectivity index (χ0) is 13.8. The second-order valence-electron chi connectivity index (χ2n) is 3.64. The van der Waals surface area contributed by atoms with Crippen LogP contribution in [0.4, 0.5) is 10.1 Å². The number of hydrogen-bond donors (Lipinski definition) is 1. The van der Waals surface area contributed by atoms with E-state index in [1.165, 1.54) is 37.4 Å². The van der Waals surface area contributed by atoms with E-state index in [2.05, 4.69) is 9.72 Å². The molecule has 0 atom stereocenters. The van der Waals surface area contributed by atoms with E-state index in [4.69, 9.17) is 10.5 Å². The Kier molecular flexibility index (Phi) is 3.61. The lowest BCUT2D eigenvalue weighted by Crippen LogP contribution is -2.06. The molecule has 0 saturated carbocycles. The second kappa shape index (κ2) is 5.34. The first kappa shape index (κ1) is 12.8. The Balaban J connectivity index is 2.31. The highest BCUT2D eigenvalue weighted by molar-refractivity contribution is 5.87. The third-order valence-corrected chi connectivity index (χ3v) is 2.29. The second-order valence-corrected chi connectivity index (χ2v) is 3.64. The molecule has 1 aromatic heterocycles. The van der Waals surface area contributed by atoms with Crippen molar-refractivity contribution in [3.63, 3.8) is 0 Å². The molecule has 2 N–H and O–H groups in total. The molecule has 0 aliphatic heterocycles. The van der Waals surface area contributed by atoms with Gasteiger partial charge in [-0.15, -0.1) is 0 Å². The number of rotatable bonds is 3. The maximum absolute atomic E-state index is 13.0. The molecule has 2 aromatic rings.